The second kappa shape index (κ2) is 6.27. The lowest BCUT2D eigenvalue weighted by molar-refractivity contribution is 0.415. The number of benzene rings is 1. The van der Waals surface area contributed by atoms with E-state index in [1.807, 2.05) is 24.3 Å². The van der Waals surface area contributed by atoms with Gasteiger partial charge in [-0.2, -0.15) is 0 Å². The van der Waals surface area contributed by atoms with Gasteiger partial charge in [-0.15, -0.1) is 12.4 Å². The van der Waals surface area contributed by atoms with Crippen LogP contribution in [0.5, 0.6) is 5.75 Å². The van der Waals surface area contributed by atoms with E-state index in [0.29, 0.717) is 6.54 Å². The zero-order valence-electron chi connectivity index (χ0n) is 9.64. The molecule has 92 valence electrons. The lowest BCUT2D eigenvalue weighted by Gasteiger charge is -2.10. The standard InChI is InChI=1S/C12H15N3O.ClH/c1-16-10-7-9-3-2-5-15-12(9)11(8-10)14-6-4-13;/h2-3,5,7-8,14H,4,6,13H2,1H3;1H. The van der Waals surface area contributed by atoms with Gasteiger partial charge in [0.05, 0.1) is 18.3 Å². The van der Waals surface area contributed by atoms with Crippen LogP contribution in [0.1, 0.15) is 0 Å². The maximum Gasteiger partial charge on any atom is 0.121 e. The van der Waals surface area contributed by atoms with E-state index in [-0.39, 0.29) is 12.4 Å². The van der Waals surface area contributed by atoms with Crippen molar-refractivity contribution in [3.05, 3.63) is 30.5 Å². The number of pyridine rings is 1. The highest BCUT2D eigenvalue weighted by Crippen LogP contribution is 2.27. The summed E-state index contributed by atoms with van der Waals surface area (Å²) in [5, 5.41) is 4.30. The van der Waals surface area contributed by atoms with Crippen LogP contribution in [0, 0.1) is 0 Å². The molecule has 0 aliphatic rings. The molecule has 0 unspecified atom stereocenters. The van der Waals surface area contributed by atoms with E-state index in [9.17, 15) is 0 Å². The highest BCUT2D eigenvalue weighted by Gasteiger charge is 2.04. The van der Waals surface area contributed by atoms with Crippen molar-refractivity contribution in [3.63, 3.8) is 0 Å². The molecule has 0 aliphatic heterocycles. The fourth-order valence-electron chi connectivity index (χ4n) is 1.62. The maximum absolute atomic E-state index is 5.48. The average molecular weight is 254 g/mol. The second-order valence-corrected chi connectivity index (χ2v) is 3.47. The number of nitrogens with zero attached hydrogens (tertiary/aromatic N) is 1. The van der Waals surface area contributed by atoms with Gasteiger partial charge in [0.25, 0.3) is 0 Å². The summed E-state index contributed by atoms with van der Waals surface area (Å²) < 4.78 is 5.24. The fraction of sp³-hybridized carbons (Fsp3) is 0.250. The molecule has 0 atom stereocenters. The van der Waals surface area contributed by atoms with E-state index in [1.54, 1.807) is 13.3 Å². The molecular weight excluding hydrogens is 238 g/mol. The van der Waals surface area contributed by atoms with Crippen LogP contribution in [0.25, 0.3) is 10.9 Å². The number of anilines is 1. The van der Waals surface area contributed by atoms with Gasteiger partial charge in [-0.25, -0.2) is 0 Å². The number of nitrogens with one attached hydrogen (secondary N) is 1. The van der Waals surface area contributed by atoms with Crippen molar-refractivity contribution in [1.82, 2.24) is 4.98 Å². The molecule has 0 radical (unpaired) electrons. The van der Waals surface area contributed by atoms with Gasteiger partial charge in [0.2, 0.25) is 0 Å². The average Bonchev–Trinajstić information content (AvgIpc) is 2.35. The van der Waals surface area contributed by atoms with E-state index in [4.69, 9.17) is 10.5 Å². The summed E-state index contributed by atoms with van der Waals surface area (Å²) in [5.74, 6) is 0.819. The van der Waals surface area contributed by atoms with Crippen LogP contribution in [-0.4, -0.2) is 25.2 Å². The molecule has 0 aliphatic carbocycles. The molecule has 0 fully saturated rings. The molecule has 0 amide bonds. The third kappa shape index (κ3) is 2.99. The van der Waals surface area contributed by atoms with Gasteiger partial charge in [0.15, 0.2) is 0 Å². The Kier molecular flexibility index (Phi) is 5.00. The van der Waals surface area contributed by atoms with Gasteiger partial charge < -0.3 is 15.8 Å². The van der Waals surface area contributed by atoms with Crippen molar-refractivity contribution in [1.29, 1.82) is 0 Å². The molecule has 0 spiro atoms. The summed E-state index contributed by atoms with van der Waals surface area (Å²) in [6.07, 6.45) is 1.78. The number of rotatable bonds is 4. The van der Waals surface area contributed by atoms with Crippen LogP contribution in [0.3, 0.4) is 0 Å². The summed E-state index contributed by atoms with van der Waals surface area (Å²) in [7, 11) is 1.66. The van der Waals surface area contributed by atoms with Crippen molar-refractivity contribution < 1.29 is 4.74 Å². The predicted molar refractivity (Wildman–Crippen MR) is 73.1 cm³/mol. The van der Waals surface area contributed by atoms with Crippen molar-refractivity contribution in [2.24, 2.45) is 5.73 Å². The molecular formula is C12H16ClN3O. The van der Waals surface area contributed by atoms with E-state index < -0.39 is 0 Å². The molecule has 3 N–H and O–H groups in total. The molecule has 4 nitrogen and oxygen atoms in total. The van der Waals surface area contributed by atoms with Crippen molar-refractivity contribution in [2.45, 2.75) is 0 Å². The lowest BCUT2D eigenvalue weighted by atomic mass is 10.2. The van der Waals surface area contributed by atoms with Crippen LogP contribution in [-0.2, 0) is 0 Å². The maximum atomic E-state index is 5.48. The summed E-state index contributed by atoms with van der Waals surface area (Å²) in [5.41, 5.74) is 7.38. The Morgan fingerprint density at radius 1 is 1.41 bits per heavy atom. The monoisotopic (exact) mass is 253 g/mol. The topological polar surface area (TPSA) is 60.2 Å². The minimum absolute atomic E-state index is 0. The van der Waals surface area contributed by atoms with Crippen LogP contribution in [0.2, 0.25) is 0 Å². The molecule has 2 aromatic rings. The highest BCUT2D eigenvalue weighted by atomic mass is 35.5. The lowest BCUT2D eigenvalue weighted by Crippen LogP contribution is -2.13. The first-order valence-corrected chi connectivity index (χ1v) is 5.22. The van der Waals surface area contributed by atoms with Gasteiger partial charge >= 0.3 is 0 Å². The van der Waals surface area contributed by atoms with Gasteiger partial charge in [-0.3, -0.25) is 4.98 Å². The Morgan fingerprint density at radius 3 is 2.94 bits per heavy atom. The smallest absolute Gasteiger partial charge is 0.121 e. The number of nitrogens with two attached hydrogens (primary N) is 1. The quantitative estimate of drug-likeness (QED) is 0.876. The summed E-state index contributed by atoms with van der Waals surface area (Å²) in [4.78, 5) is 4.35. The SMILES string of the molecule is COc1cc(NCCN)c2ncccc2c1.Cl. The second-order valence-electron chi connectivity index (χ2n) is 3.47. The van der Waals surface area contributed by atoms with Crippen LogP contribution < -0.4 is 15.8 Å². The molecule has 1 heterocycles. The number of halogens is 1. The van der Waals surface area contributed by atoms with E-state index in [2.05, 4.69) is 10.3 Å². The van der Waals surface area contributed by atoms with Gasteiger partial charge in [-0.1, -0.05) is 6.07 Å². The van der Waals surface area contributed by atoms with Gasteiger partial charge in [0, 0.05) is 30.7 Å². The van der Waals surface area contributed by atoms with E-state index >= 15 is 0 Å². The zero-order valence-corrected chi connectivity index (χ0v) is 10.5. The van der Waals surface area contributed by atoms with Crippen molar-refractivity contribution >= 4 is 29.0 Å². The summed E-state index contributed by atoms with van der Waals surface area (Å²) in [6, 6.07) is 7.83. The van der Waals surface area contributed by atoms with Gasteiger partial charge in [-0.05, 0) is 12.1 Å². The Morgan fingerprint density at radius 2 is 2.24 bits per heavy atom. The van der Waals surface area contributed by atoms with E-state index in [0.717, 1.165) is 28.9 Å². The molecule has 1 aromatic heterocycles. The van der Waals surface area contributed by atoms with Crippen LogP contribution in [0.15, 0.2) is 30.5 Å². The van der Waals surface area contributed by atoms with Crippen LogP contribution >= 0.6 is 12.4 Å². The number of aromatic nitrogens is 1. The molecule has 0 saturated heterocycles. The molecule has 2 rings (SSSR count). The Hall–Kier alpha value is -1.52. The normalized spacial score (nSPS) is 9.76. The number of ether oxygens (including phenoxy) is 1. The molecule has 0 saturated carbocycles. The molecule has 0 bridgehead atoms. The minimum Gasteiger partial charge on any atom is -0.497 e. The first-order valence-electron chi connectivity index (χ1n) is 5.22. The summed E-state index contributed by atoms with van der Waals surface area (Å²) in [6.45, 7) is 1.31. The number of hydrogen-bond donors (Lipinski definition) is 2. The third-order valence-electron chi connectivity index (χ3n) is 2.37. The number of fused-ring (bicyclic) bond motifs is 1. The molecule has 5 heteroatoms. The Labute approximate surface area is 107 Å². The number of methoxy groups -OCH3 is 1. The first-order chi connectivity index (χ1) is 7.85. The highest BCUT2D eigenvalue weighted by molar-refractivity contribution is 5.91. The van der Waals surface area contributed by atoms with Crippen molar-refractivity contribution in [3.8, 4) is 5.75 Å². The zero-order chi connectivity index (χ0) is 11.4. The largest absolute Gasteiger partial charge is 0.497 e. The molecule has 17 heavy (non-hydrogen) atoms. The minimum atomic E-state index is 0. The van der Waals surface area contributed by atoms with E-state index in [1.165, 1.54) is 0 Å². The van der Waals surface area contributed by atoms with Crippen molar-refractivity contribution in [2.75, 3.05) is 25.5 Å². The first kappa shape index (κ1) is 13.5. The Bertz CT molecular complexity index is 490. The Balaban J connectivity index is 0.00000144. The summed E-state index contributed by atoms with van der Waals surface area (Å²) >= 11 is 0. The molecule has 1 aromatic carbocycles. The fourth-order valence-corrected chi connectivity index (χ4v) is 1.62. The third-order valence-corrected chi connectivity index (χ3v) is 2.37. The van der Waals surface area contributed by atoms with Crippen LogP contribution in [0.4, 0.5) is 5.69 Å². The van der Waals surface area contributed by atoms with Gasteiger partial charge in [0.1, 0.15) is 5.75 Å². The predicted octanol–water partition coefficient (Wildman–Crippen LogP) is 2.04. The number of hydrogen-bond acceptors (Lipinski definition) is 4.